The largest absolute Gasteiger partial charge is 0.508 e. The van der Waals surface area contributed by atoms with Crippen molar-refractivity contribution in [2.45, 2.75) is 154 Å². The Morgan fingerprint density at radius 2 is 1.29 bits per heavy atom. The third kappa shape index (κ3) is 16.9. The Bertz CT molecular complexity index is 1650. The molecule has 5 amide bonds. The van der Waals surface area contributed by atoms with Crippen molar-refractivity contribution in [2.24, 2.45) is 17.4 Å². The summed E-state index contributed by atoms with van der Waals surface area (Å²) < 4.78 is 0. The monoisotopic (exact) mass is 815 g/mol. The summed E-state index contributed by atoms with van der Waals surface area (Å²) >= 11 is 0. The van der Waals surface area contributed by atoms with Crippen LogP contribution in [0.3, 0.4) is 0 Å². The summed E-state index contributed by atoms with van der Waals surface area (Å²) in [5.74, 6) is -5.45. The number of amides is 5. The number of phenolic OH excluding ortho intramolecular Hbond substituents is 3. The average molecular weight is 816 g/mol. The van der Waals surface area contributed by atoms with E-state index < -0.39 is 89.6 Å². The van der Waals surface area contributed by atoms with Gasteiger partial charge in [-0.05, 0) is 67.9 Å². The third-order valence-corrected chi connectivity index (χ3v) is 9.84. The summed E-state index contributed by atoms with van der Waals surface area (Å²) in [6.07, 6.45) is 2.04. The predicted molar refractivity (Wildman–Crippen MR) is 217 cm³/mol. The van der Waals surface area contributed by atoms with Crippen LogP contribution in [0.15, 0.2) is 30.3 Å². The first-order chi connectivity index (χ1) is 27.3. The number of nitrogens with two attached hydrogens (primary N) is 2. The van der Waals surface area contributed by atoms with Crippen LogP contribution in [0, 0.1) is 12.8 Å². The average Bonchev–Trinajstić information content (AvgIpc) is 3.11. The first-order valence-corrected chi connectivity index (χ1v) is 20.2. The van der Waals surface area contributed by atoms with Gasteiger partial charge in [0.2, 0.25) is 29.5 Å². The van der Waals surface area contributed by atoms with E-state index in [9.17, 15) is 54.6 Å². The van der Waals surface area contributed by atoms with Gasteiger partial charge in [-0.2, -0.15) is 0 Å². The number of aryl methyl sites for hydroxylation is 1. The summed E-state index contributed by atoms with van der Waals surface area (Å²) in [5.41, 5.74) is 10.9. The van der Waals surface area contributed by atoms with Crippen molar-refractivity contribution in [1.29, 1.82) is 0 Å². The van der Waals surface area contributed by atoms with E-state index in [0.717, 1.165) is 38.5 Å². The number of carbonyl (C=O) groups excluding carboxylic acids is 5. The molecule has 2 aromatic carbocycles. The normalized spacial score (nSPS) is 14.5. The number of aliphatic hydroxyl groups is 3. The first-order valence-electron chi connectivity index (χ1n) is 20.2. The van der Waals surface area contributed by atoms with Gasteiger partial charge < -0.3 is 58.1 Å². The lowest BCUT2D eigenvalue weighted by Crippen LogP contribution is -2.56. The number of hydrogen-bond acceptors (Lipinski definition) is 11. The Hall–Kier alpha value is -4.93. The van der Waals surface area contributed by atoms with Crippen LogP contribution < -0.4 is 27.4 Å². The van der Waals surface area contributed by atoms with Crippen molar-refractivity contribution >= 4 is 29.5 Å². The Morgan fingerprint density at radius 1 is 0.690 bits per heavy atom. The van der Waals surface area contributed by atoms with Gasteiger partial charge in [-0.15, -0.1) is 0 Å². The molecule has 0 aromatic heterocycles. The van der Waals surface area contributed by atoms with Crippen LogP contribution >= 0.6 is 0 Å². The number of unbranched alkanes of at least 4 members (excludes halogenated alkanes) is 6. The fourth-order valence-corrected chi connectivity index (χ4v) is 6.97. The van der Waals surface area contributed by atoms with Crippen LogP contribution in [-0.4, -0.2) is 84.4 Å². The predicted octanol–water partition coefficient (Wildman–Crippen LogP) is 3.15. The van der Waals surface area contributed by atoms with Crippen molar-refractivity contribution in [2.75, 3.05) is 0 Å². The van der Waals surface area contributed by atoms with Crippen molar-refractivity contribution < 1.29 is 54.6 Å². The lowest BCUT2D eigenvalue weighted by atomic mass is 9.87. The van der Waals surface area contributed by atoms with E-state index in [1.54, 1.807) is 6.92 Å². The van der Waals surface area contributed by atoms with Crippen LogP contribution in [0.2, 0.25) is 0 Å². The number of aromatic hydroxyl groups is 3. The zero-order valence-corrected chi connectivity index (χ0v) is 34.2. The third-order valence-electron chi connectivity index (χ3n) is 9.84. The van der Waals surface area contributed by atoms with Crippen molar-refractivity contribution in [1.82, 2.24) is 16.0 Å². The number of carbonyl (C=O) groups is 5. The molecule has 13 N–H and O–H groups in total. The molecule has 0 spiro atoms. The fraction of sp³-hybridized carbons (Fsp3) is 0.595. The van der Waals surface area contributed by atoms with Gasteiger partial charge in [-0.25, -0.2) is 0 Å². The number of rotatable bonds is 27. The highest BCUT2D eigenvalue weighted by Gasteiger charge is 2.32. The Labute approximate surface area is 340 Å². The first kappa shape index (κ1) is 49.2. The van der Waals surface area contributed by atoms with E-state index in [2.05, 4.69) is 22.9 Å². The highest BCUT2D eigenvalue weighted by molar-refractivity contribution is 5.95. The van der Waals surface area contributed by atoms with Crippen molar-refractivity contribution in [3.05, 3.63) is 52.6 Å². The number of nitrogens with one attached hydrogen (secondary N) is 3. The summed E-state index contributed by atoms with van der Waals surface area (Å²) in [4.78, 5) is 63.9. The molecule has 0 aliphatic heterocycles. The molecule has 16 heteroatoms. The fourth-order valence-electron chi connectivity index (χ4n) is 6.97. The zero-order chi connectivity index (χ0) is 43.5. The summed E-state index contributed by atoms with van der Waals surface area (Å²) in [7, 11) is 0. The van der Waals surface area contributed by atoms with Crippen LogP contribution in [0.4, 0.5) is 0 Å². The summed E-state index contributed by atoms with van der Waals surface area (Å²) in [6.45, 7) is 7.53. The quantitative estimate of drug-likeness (QED) is 0.0583. The molecule has 0 aliphatic rings. The molecule has 6 atom stereocenters. The standard InChI is InChI=1S/C42H65N5O11/c1-5-6-7-8-9-10-11-13-27(48)22-37(55)46-30(23-36(44)54)42(58)47-29(16-17-35(43)53)41(57)45-26(18-24(2)3)21-33(51)28-19-25(4)20-34(52)38(28)40(56)39-31(49)14-12-15-32(39)50/h12,14-15,19-20,24,26-27,29-30,33,40,48-52,56H,5-11,13,16-18,21-23H2,1-4H3,(H2,43,53)(H2,44,54)(H,45,57)(H,46,55)(H,47,58)/t26-,27-,29+,30+,33?,40?/m1/s1. The van der Waals surface area contributed by atoms with Gasteiger partial charge in [0, 0.05) is 18.0 Å². The molecule has 2 unspecified atom stereocenters. The van der Waals surface area contributed by atoms with E-state index >= 15 is 0 Å². The number of phenols is 3. The van der Waals surface area contributed by atoms with Crippen LogP contribution in [0.5, 0.6) is 17.2 Å². The van der Waals surface area contributed by atoms with Crippen LogP contribution in [0.25, 0.3) is 0 Å². The number of hydrogen-bond donors (Lipinski definition) is 11. The second-order valence-corrected chi connectivity index (χ2v) is 15.6. The van der Waals surface area contributed by atoms with Gasteiger partial charge in [0.05, 0.1) is 30.6 Å². The number of primary amides is 2. The van der Waals surface area contributed by atoms with E-state index in [4.69, 9.17) is 11.5 Å². The molecule has 0 saturated heterocycles. The molecule has 0 radical (unpaired) electrons. The summed E-state index contributed by atoms with van der Waals surface area (Å²) in [5, 5.41) is 72.9. The lowest BCUT2D eigenvalue weighted by molar-refractivity contribution is -0.134. The van der Waals surface area contributed by atoms with E-state index in [0.29, 0.717) is 18.4 Å². The second-order valence-electron chi connectivity index (χ2n) is 15.6. The molecular weight excluding hydrogens is 750 g/mol. The maximum atomic E-state index is 13.8. The van der Waals surface area contributed by atoms with Crippen LogP contribution in [-0.2, 0) is 24.0 Å². The molecule has 0 bridgehead atoms. The zero-order valence-electron chi connectivity index (χ0n) is 34.2. The second kappa shape index (κ2) is 24.8. The Balaban J connectivity index is 2.27. The molecule has 2 rings (SSSR count). The lowest BCUT2D eigenvalue weighted by Gasteiger charge is -2.29. The minimum atomic E-state index is -1.76. The number of aliphatic hydroxyl groups excluding tert-OH is 3. The SMILES string of the molecule is CCCCCCCCC[C@@H](O)CC(=O)N[C@@H](CC(N)=O)C(=O)N[C@@H](CCC(N)=O)C(=O)N[C@H](CC(C)C)CC(O)c1cc(C)cc(O)c1C(O)c1c(O)cccc1O. The van der Waals surface area contributed by atoms with Gasteiger partial charge in [0.15, 0.2) is 0 Å². The highest BCUT2D eigenvalue weighted by atomic mass is 16.3. The molecule has 0 heterocycles. The Morgan fingerprint density at radius 3 is 1.88 bits per heavy atom. The molecule has 0 fully saturated rings. The highest BCUT2D eigenvalue weighted by Crippen LogP contribution is 2.43. The molecular formula is C42H65N5O11. The molecule has 58 heavy (non-hydrogen) atoms. The maximum Gasteiger partial charge on any atom is 0.243 e. The summed E-state index contributed by atoms with van der Waals surface area (Å²) in [6, 6.07) is 3.03. The van der Waals surface area contributed by atoms with Gasteiger partial charge in [0.25, 0.3) is 0 Å². The molecule has 324 valence electrons. The van der Waals surface area contributed by atoms with Gasteiger partial charge in [-0.3, -0.25) is 24.0 Å². The smallest absolute Gasteiger partial charge is 0.243 e. The van der Waals surface area contributed by atoms with Gasteiger partial charge in [-0.1, -0.05) is 77.8 Å². The van der Waals surface area contributed by atoms with Crippen molar-refractivity contribution in [3.8, 4) is 17.2 Å². The Kier molecular flexibility index (Phi) is 21.0. The molecule has 2 aromatic rings. The van der Waals surface area contributed by atoms with E-state index in [1.807, 2.05) is 13.8 Å². The minimum Gasteiger partial charge on any atom is -0.508 e. The minimum absolute atomic E-state index is 0.0401. The topological polar surface area (TPSA) is 295 Å². The molecule has 0 saturated carbocycles. The van der Waals surface area contributed by atoms with Gasteiger partial charge >= 0.3 is 0 Å². The maximum absolute atomic E-state index is 13.8. The van der Waals surface area contributed by atoms with Gasteiger partial charge in [0.1, 0.15) is 35.4 Å². The van der Waals surface area contributed by atoms with E-state index in [-0.39, 0.29) is 48.3 Å². The van der Waals surface area contributed by atoms with Crippen molar-refractivity contribution in [3.63, 3.8) is 0 Å². The molecule has 0 aliphatic carbocycles. The van der Waals surface area contributed by atoms with E-state index in [1.165, 1.54) is 36.8 Å². The van der Waals surface area contributed by atoms with Crippen LogP contribution in [0.1, 0.15) is 145 Å². The molecule has 16 nitrogen and oxygen atoms in total. The number of benzene rings is 2.